The lowest BCUT2D eigenvalue weighted by atomic mass is 10.1. The van der Waals surface area contributed by atoms with Crippen LogP contribution >= 0.6 is 0 Å². The van der Waals surface area contributed by atoms with E-state index >= 15 is 0 Å². The molecular formula is C16H20N4O. The quantitative estimate of drug-likeness (QED) is 0.892. The summed E-state index contributed by atoms with van der Waals surface area (Å²) in [6.07, 6.45) is 5.70. The molecule has 0 spiro atoms. The number of amides is 1. The minimum absolute atomic E-state index is 0.0209. The molecule has 1 fully saturated rings. The molecule has 2 aromatic rings. The van der Waals surface area contributed by atoms with Crippen molar-refractivity contribution in [3.63, 3.8) is 0 Å². The monoisotopic (exact) mass is 284 g/mol. The first-order valence-electron chi connectivity index (χ1n) is 7.39. The summed E-state index contributed by atoms with van der Waals surface area (Å²) < 4.78 is 1.87. The highest BCUT2D eigenvalue weighted by Crippen LogP contribution is 2.08. The van der Waals surface area contributed by atoms with E-state index in [1.807, 2.05) is 41.2 Å². The van der Waals surface area contributed by atoms with Crippen molar-refractivity contribution in [1.29, 1.82) is 0 Å². The number of nitrogens with zero attached hydrogens (tertiary/aromatic N) is 2. The van der Waals surface area contributed by atoms with E-state index in [0.29, 0.717) is 6.04 Å². The first-order chi connectivity index (χ1) is 10.3. The fraction of sp³-hybridized carbons (Fsp3) is 0.375. The first-order valence-corrected chi connectivity index (χ1v) is 7.39. The Hall–Kier alpha value is -2.14. The number of piperidine rings is 1. The second kappa shape index (κ2) is 6.54. The highest BCUT2D eigenvalue weighted by atomic mass is 16.1. The topological polar surface area (TPSA) is 59.0 Å². The van der Waals surface area contributed by atoms with Crippen LogP contribution in [0.3, 0.4) is 0 Å². The van der Waals surface area contributed by atoms with E-state index in [4.69, 9.17) is 0 Å². The van der Waals surface area contributed by atoms with Gasteiger partial charge in [0.2, 0.25) is 0 Å². The van der Waals surface area contributed by atoms with Crippen LogP contribution in [0, 0.1) is 0 Å². The van der Waals surface area contributed by atoms with Crippen LogP contribution in [-0.2, 0) is 6.54 Å². The Morgan fingerprint density at radius 2 is 2.05 bits per heavy atom. The second-order valence-corrected chi connectivity index (χ2v) is 5.40. The molecule has 3 rings (SSSR count). The molecule has 1 aliphatic rings. The minimum Gasteiger partial charge on any atom is -0.349 e. The van der Waals surface area contributed by atoms with Crippen LogP contribution in [0.25, 0.3) is 0 Å². The van der Waals surface area contributed by atoms with Crippen molar-refractivity contribution in [3.8, 4) is 0 Å². The van der Waals surface area contributed by atoms with Gasteiger partial charge in [-0.2, -0.15) is 5.10 Å². The average molecular weight is 284 g/mol. The van der Waals surface area contributed by atoms with Crippen LogP contribution in [-0.4, -0.2) is 34.8 Å². The number of hydrogen-bond acceptors (Lipinski definition) is 3. The molecule has 1 aromatic carbocycles. The van der Waals surface area contributed by atoms with E-state index in [1.165, 1.54) is 0 Å². The van der Waals surface area contributed by atoms with Gasteiger partial charge in [0.1, 0.15) is 0 Å². The summed E-state index contributed by atoms with van der Waals surface area (Å²) in [6, 6.07) is 9.94. The third kappa shape index (κ3) is 3.70. The largest absolute Gasteiger partial charge is 0.349 e. The number of rotatable bonds is 4. The Labute approximate surface area is 124 Å². The Balaban J connectivity index is 1.59. The maximum atomic E-state index is 12.2. The standard InChI is InChI=1S/C16H20N4O/c21-16(19-15-6-9-17-10-7-15)14-4-2-13(3-5-14)12-20-11-1-8-18-20/h1-5,8,11,15,17H,6-7,9-10,12H2,(H,19,21). The van der Waals surface area contributed by atoms with Gasteiger partial charge in [0.15, 0.2) is 0 Å². The number of benzene rings is 1. The van der Waals surface area contributed by atoms with Crippen LogP contribution < -0.4 is 10.6 Å². The fourth-order valence-electron chi connectivity index (χ4n) is 2.58. The van der Waals surface area contributed by atoms with Gasteiger partial charge in [-0.15, -0.1) is 0 Å². The molecule has 1 aromatic heterocycles. The van der Waals surface area contributed by atoms with Gasteiger partial charge in [0, 0.05) is 24.0 Å². The molecule has 5 nitrogen and oxygen atoms in total. The lowest BCUT2D eigenvalue weighted by molar-refractivity contribution is 0.0929. The summed E-state index contributed by atoms with van der Waals surface area (Å²) in [4.78, 5) is 12.2. The summed E-state index contributed by atoms with van der Waals surface area (Å²) in [5.41, 5.74) is 1.86. The van der Waals surface area contributed by atoms with Crippen LogP contribution in [0.5, 0.6) is 0 Å². The molecule has 0 unspecified atom stereocenters. The van der Waals surface area contributed by atoms with Crippen molar-refractivity contribution in [2.24, 2.45) is 0 Å². The summed E-state index contributed by atoms with van der Waals surface area (Å²) in [5.74, 6) is 0.0209. The zero-order valence-corrected chi connectivity index (χ0v) is 12.0. The van der Waals surface area contributed by atoms with Crippen molar-refractivity contribution in [3.05, 3.63) is 53.9 Å². The molecule has 1 amide bonds. The summed E-state index contributed by atoms with van der Waals surface area (Å²) in [5, 5.41) is 10.6. The van der Waals surface area contributed by atoms with Gasteiger partial charge in [-0.25, -0.2) is 0 Å². The molecule has 1 aliphatic heterocycles. The summed E-state index contributed by atoms with van der Waals surface area (Å²) >= 11 is 0. The predicted octanol–water partition coefficient (Wildman–Crippen LogP) is 1.41. The highest BCUT2D eigenvalue weighted by molar-refractivity contribution is 5.94. The van der Waals surface area contributed by atoms with Gasteiger partial charge in [-0.1, -0.05) is 12.1 Å². The Bertz CT molecular complexity index is 571. The second-order valence-electron chi connectivity index (χ2n) is 5.40. The third-order valence-corrected chi connectivity index (χ3v) is 3.79. The first kappa shape index (κ1) is 13.8. The summed E-state index contributed by atoms with van der Waals surface area (Å²) in [6.45, 7) is 2.69. The lowest BCUT2D eigenvalue weighted by Crippen LogP contribution is -2.42. The molecule has 1 saturated heterocycles. The lowest BCUT2D eigenvalue weighted by Gasteiger charge is -2.23. The Kier molecular flexibility index (Phi) is 4.31. The van der Waals surface area contributed by atoms with Crippen molar-refractivity contribution in [2.45, 2.75) is 25.4 Å². The Morgan fingerprint density at radius 3 is 2.71 bits per heavy atom. The highest BCUT2D eigenvalue weighted by Gasteiger charge is 2.16. The average Bonchev–Trinajstić information content (AvgIpc) is 3.02. The van der Waals surface area contributed by atoms with Gasteiger partial charge in [-0.05, 0) is 49.7 Å². The number of carbonyl (C=O) groups is 1. The van der Waals surface area contributed by atoms with Crippen molar-refractivity contribution < 1.29 is 4.79 Å². The number of nitrogens with one attached hydrogen (secondary N) is 2. The maximum Gasteiger partial charge on any atom is 0.251 e. The van der Waals surface area contributed by atoms with E-state index in [1.54, 1.807) is 6.20 Å². The smallest absolute Gasteiger partial charge is 0.251 e. The normalized spacial score (nSPS) is 15.8. The molecule has 2 heterocycles. The molecular weight excluding hydrogens is 264 g/mol. The van der Waals surface area contributed by atoms with Crippen molar-refractivity contribution in [1.82, 2.24) is 20.4 Å². The van der Waals surface area contributed by atoms with Crippen molar-refractivity contribution in [2.75, 3.05) is 13.1 Å². The van der Waals surface area contributed by atoms with Gasteiger partial charge >= 0.3 is 0 Å². The van der Waals surface area contributed by atoms with Gasteiger partial charge in [0.05, 0.1) is 6.54 Å². The van der Waals surface area contributed by atoms with Crippen LogP contribution in [0.1, 0.15) is 28.8 Å². The number of aromatic nitrogens is 2. The van der Waals surface area contributed by atoms with Gasteiger partial charge in [0.25, 0.3) is 5.91 Å². The third-order valence-electron chi connectivity index (χ3n) is 3.79. The van der Waals surface area contributed by atoms with E-state index in [9.17, 15) is 4.79 Å². The van der Waals surface area contributed by atoms with Crippen LogP contribution in [0.15, 0.2) is 42.7 Å². The molecule has 21 heavy (non-hydrogen) atoms. The molecule has 0 aliphatic carbocycles. The molecule has 0 atom stereocenters. The zero-order chi connectivity index (χ0) is 14.5. The van der Waals surface area contributed by atoms with E-state index in [0.717, 1.165) is 43.6 Å². The predicted molar refractivity (Wildman–Crippen MR) is 81.1 cm³/mol. The van der Waals surface area contributed by atoms with E-state index in [2.05, 4.69) is 15.7 Å². The van der Waals surface area contributed by atoms with Gasteiger partial charge in [-0.3, -0.25) is 9.48 Å². The zero-order valence-electron chi connectivity index (χ0n) is 12.0. The van der Waals surface area contributed by atoms with Crippen LogP contribution in [0.4, 0.5) is 0 Å². The minimum atomic E-state index is 0.0209. The van der Waals surface area contributed by atoms with Crippen LogP contribution in [0.2, 0.25) is 0 Å². The fourth-order valence-corrected chi connectivity index (χ4v) is 2.58. The van der Waals surface area contributed by atoms with E-state index in [-0.39, 0.29) is 5.91 Å². The number of carbonyl (C=O) groups excluding carboxylic acids is 1. The molecule has 0 radical (unpaired) electrons. The SMILES string of the molecule is O=C(NC1CCNCC1)c1ccc(Cn2cccn2)cc1. The number of hydrogen-bond donors (Lipinski definition) is 2. The van der Waals surface area contributed by atoms with Crippen molar-refractivity contribution >= 4 is 5.91 Å². The molecule has 5 heteroatoms. The Morgan fingerprint density at radius 1 is 1.29 bits per heavy atom. The molecule has 0 bridgehead atoms. The summed E-state index contributed by atoms with van der Waals surface area (Å²) in [7, 11) is 0. The van der Waals surface area contributed by atoms with Gasteiger partial charge < -0.3 is 10.6 Å². The maximum absolute atomic E-state index is 12.2. The van der Waals surface area contributed by atoms with E-state index < -0.39 is 0 Å². The molecule has 2 N–H and O–H groups in total. The molecule has 110 valence electrons. The molecule has 0 saturated carbocycles.